The van der Waals surface area contributed by atoms with E-state index in [9.17, 15) is 9.59 Å². The van der Waals surface area contributed by atoms with E-state index in [1.165, 1.54) is 0 Å². The van der Waals surface area contributed by atoms with Crippen LogP contribution in [-0.2, 0) is 9.59 Å². The van der Waals surface area contributed by atoms with Crippen LogP contribution in [0, 0.1) is 5.41 Å². The predicted molar refractivity (Wildman–Crippen MR) is 74.6 cm³/mol. The molecule has 0 unspecified atom stereocenters. The summed E-state index contributed by atoms with van der Waals surface area (Å²) in [6, 6.07) is 7.04. The molecule has 102 valence electrons. The predicted octanol–water partition coefficient (Wildman–Crippen LogP) is 3.23. The number of nitrogens with zero attached hydrogens (tertiary/aromatic N) is 1. The van der Waals surface area contributed by atoms with Gasteiger partial charge in [-0.3, -0.25) is 15.0 Å². The van der Waals surface area contributed by atoms with Crippen LogP contribution in [0.4, 0.5) is 5.69 Å². The first-order valence-electron chi connectivity index (χ1n) is 6.42. The Bertz CT molecular complexity index is 512. The number of hydrazine groups is 1. The Morgan fingerprint density at radius 1 is 1.26 bits per heavy atom. The topological polar surface area (TPSA) is 49.4 Å². The highest BCUT2D eigenvalue weighted by molar-refractivity contribution is 6.33. The van der Waals surface area contributed by atoms with Crippen molar-refractivity contribution in [2.45, 2.75) is 33.1 Å². The van der Waals surface area contributed by atoms with Gasteiger partial charge in [0, 0.05) is 6.42 Å². The Labute approximate surface area is 117 Å². The quantitative estimate of drug-likeness (QED) is 0.862. The summed E-state index contributed by atoms with van der Waals surface area (Å²) >= 11 is 6.03. The van der Waals surface area contributed by atoms with Crippen LogP contribution in [0.2, 0.25) is 5.02 Å². The molecule has 1 heterocycles. The number of halogens is 1. The summed E-state index contributed by atoms with van der Waals surface area (Å²) in [4.78, 5) is 24.4. The molecular formula is C14H17ClN2O2. The van der Waals surface area contributed by atoms with E-state index < -0.39 is 5.41 Å². The third-order valence-electron chi connectivity index (χ3n) is 3.86. The molecule has 1 aliphatic rings. The third-order valence-corrected chi connectivity index (χ3v) is 4.19. The summed E-state index contributed by atoms with van der Waals surface area (Å²) in [6.07, 6.45) is 1.58. The first kappa shape index (κ1) is 13.9. The molecule has 0 atom stereocenters. The number of imide groups is 1. The van der Waals surface area contributed by atoms with E-state index in [0.29, 0.717) is 23.6 Å². The van der Waals surface area contributed by atoms with Gasteiger partial charge in [0.05, 0.1) is 16.1 Å². The SMILES string of the molecule is CCC1(CC)CC(=O)N(Nc2ccccc2Cl)C1=O. The van der Waals surface area contributed by atoms with Crippen molar-refractivity contribution in [2.75, 3.05) is 5.43 Å². The molecule has 1 aromatic rings. The number of benzene rings is 1. The maximum absolute atomic E-state index is 12.4. The molecule has 1 saturated heterocycles. The van der Waals surface area contributed by atoms with Gasteiger partial charge in [0.1, 0.15) is 0 Å². The van der Waals surface area contributed by atoms with Crippen LogP contribution < -0.4 is 5.43 Å². The number of anilines is 1. The van der Waals surface area contributed by atoms with E-state index in [-0.39, 0.29) is 18.2 Å². The fraction of sp³-hybridized carbons (Fsp3) is 0.429. The van der Waals surface area contributed by atoms with Crippen LogP contribution >= 0.6 is 11.6 Å². The van der Waals surface area contributed by atoms with Gasteiger partial charge >= 0.3 is 0 Å². The number of carbonyl (C=O) groups is 2. The van der Waals surface area contributed by atoms with Gasteiger partial charge in [0.25, 0.3) is 5.91 Å². The third kappa shape index (κ3) is 2.32. The zero-order chi connectivity index (χ0) is 14.0. The number of hydrogen-bond acceptors (Lipinski definition) is 3. The smallest absolute Gasteiger partial charge is 0.254 e. The van der Waals surface area contributed by atoms with E-state index in [1.807, 2.05) is 13.8 Å². The largest absolute Gasteiger partial charge is 0.287 e. The van der Waals surface area contributed by atoms with Crippen molar-refractivity contribution in [3.8, 4) is 0 Å². The highest BCUT2D eigenvalue weighted by Gasteiger charge is 2.49. The van der Waals surface area contributed by atoms with Gasteiger partial charge in [0.2, 0.25) is 5.91 Å². The minimum Gasteiger partial charge on any atom is -0.287 e. The molecule has 0 saturated carbocycles. The fourth-order valence-corrected chi connectivity index (χ4v) is 2.56. The average molecular weight is 281 g/mol. The number of hydrogen-bond donors (Lipinski definition) is 1. The molecule has 4 nitrogen and oxygen atoms in total. The second-order valence-corrected chi connectivity index (χ2v) is 5.20. The molecule has 1 aromatic carbocycles. The van der Waals surface area contributed by atoms with Gasteiger partial charge in [-0.2, -0.15) is 5.01 Å². The van der Waals surface area contributed by atoms with Crippen LogP contribution in [0.1, 0.15) is 33.1 Å². The zero-order valence-electron chi connectivity index (χ0n) is 11.1. The van der Waals surface area contributed by atoms with Crippen molar-refractivity contribution in [1.82, 2.24) is 5.01 Å². The molecule has 2 amide bonds. The van der Waals surface area contributed by atoms with Gasteiger partial charge < -0.3 is 0 Å². The first-order chi connectivity index (χ1) is 9.04. The van der Waals surface area contributed by atoms with Crippen molar-refractivity contribution >= 4 is 29.1 Å². The van der Waals surface area contributed by atoms with E-state index in [2.05, 4.69) is 5.43 Å². The Hall–Kier alpha value is -1.55. The van der Waals surface area contributed by atoms with Crippen molar-refractivity contribution in [3.05, 3.63) is 29.3 Å². The molecule has 1 N–H and O–H groups in total. The summed E-state index contributed by atoms with van der Waals surface area (Å²) < 4.78 is 0. The monoisotopic (exact) mass is 280 g/mol. The highest BCUT2D eigenvalue weighted by Crippen LogP contribution is 2.39. The lowest BCUT2D eigenvalue weighted by Crippen LogP contribution is -2.39. The molecule has 0 radical (unpaired) electrons. The van der Waals surface area contributed by atoms with Gasteiger partial charge in [0.15, 0.2) is 0 Å². The molecule has 0 bridgehead atoms. The van der Waals surface area contributed by atoms with Crippen LogP contribution in [0.5, 0.6) is 0 Å². The van der Waals surface area contributed by atoms with Gasteiger partial charge in [-0.15, -0.1) is 0 Å². The molecule has 1 fully saturated rings. The molecule has 19 heavy (non-hydrogen) atoms. The van der Waals surface area contributed by atoms with Crippen LogP contribution in [-0.4, -0.2) is 16.8 Å². The van der Waals surface area contributed by atoms with Crippen LogP contribution in [0.25, 0.3) is 0 Å². The van der Waals surface area contributed by atoms with Crippen molar-refractivity contribution in [3.63, 3.8) is 0 Å². The van der Waals surface area contributed by atoms with Crippen LogP contribution in [0.15, 0.2) is 24.3 Å². The molecule has 0 aromatic heterocycles. The van der Waals surface area contributed by atoms with E-state index in [1.54, 1.807) is 24.3 Å². The van der Waals surface area contributed by atoms with E-state index >= 15 is 0 Å². The Morgan fingerprint density at radius 3 is 2.42 bits per heavy atom. The Kier molecular flexibility index (Phi) is 3.80. The fourth-order valence-electron chi connectivity index (χ4n) is 2.38. The standard InChI is InChI=1S/C14H17ClN2O2/c1-3-14(4-2)9-12(18)17(13(14)19)16-11-8-6-5-7-10(11)15/h5-8,16H,3-4,9H2,1-2H3. The summed E-state index contributed by atoms with van der Waals surface area (Å²) in [7, 11) is 0. The zero-order valence-corrected chi connectivity index (χ0v) is 11.8. The highest BCUT2D eigenvalue weighted by atomic mass is 35.5. The summed E-state index contributed by atoms with van der Waals surface area (Å²) in [5, 5.41) is 1.59. The second kappa shape index (κ2) is 5.21. The lowest BCUT2D eigenvalue weighted by atomic mass is 9.81. The number of amides is 2. The molecule has 0 spiro atoms. The Morgan fingerprint density at radius 2 is 1.89 bits per heavy atom. The molecule has 2 rings (SSSR count). The number of nitrogens with one attached hydrogen (secondary N) is 1. The second-order valence-electron chi connectivity index (χ2n) is 4.79. The minimum absolute atomic E-state index is 0.164. The summed E-state index contributed by atoms with van der Waals surface area (Å²) in [6.45, 7) is 3.88. The lowest BCUT2D eigenvalue weighted by Gasteiger charge is -2.24. The number of rotatable bonds is 4. The van der Waals surface area contributed by atoms with Crippen molar-refractivity contribution in [1.29, 1.82) is 0 Å². The maximum atomic E-state index is 12.4. The molecule has 1 aliphatic heterocycles. The van der Waals surface area contributed by atoms with Crippen molar-refractivity contribution < 1.29 is 9.59 Å². The van der Waals surface area contributed by atoms with E-state index in [0.717, 1.165) is 5.01 Å². The maximum Gasteiger partial charge on any atom is 0.254 e. The summed E-state index contributed by atoms with van der Waals surface area (Å²) in [5.41, 5.74) is 2.83. The number of para-hydroxylation sites is 1. The molecule has 5 heteroatoms. The van der Waals surface area contributed by atoms with Crippen molar-refractivity contribution in [2.24, 2.45) is 5.41 Å². The van der Waals surface area contributed by atoms with Crippen LogP contribution in [0.3, 0.4) is 0 Å². The summed E-state index contributed by atoms with van der Waals surface area (Å²) in [5.74, 6) is -0.365. The van der Waals surface area contributed by atoms with Gasteiger partial charge in [-0.1, -0.05) is 37.6 Å². The lowest BCUT2D eigenvalue weighted by molar-refractivity contribution is -0.140. The average Bonchev–Trinajstić information content (AvgIpc) is 2.66. The molecular weight excluding hydrogens is 264 g/mol. The normalized spacial score (nSPS) is 17.9. The minimum atomic E-state index is -0.564. The van der Waals surface area contributed by atoms with Gasteiger partial charge in [-0.25, -0.2) is 0 Å². The Balaban J connectivity index is 2.25. The van der Waals surface area contributed by atoms with Gasteiger partial charge in [-0.05, 0) is 25.0 Å². The number of carbonyl (C=O) groups excluding carboxylic acids is 2. The van der Waals surface area contributed by atoms with E-state index in [4.69, 9.17) is 11.6 Å². The first-order valence-corrected chi connectivity index (χ1v) is 6.80. The molecule has 0 aliphatic carbocycles.